The molecular formula is C19H16N4O2. The fourth-order valence-corrected chi connectivity index (χ4v) is 2.83. The molecule has 1 amide bonds. The third kappa shape index (κ3) is 3.19. The Kier molecular flexibility index (Phi) is 4.08. The van der Waals surface area contributed by atoms with Gasteiger partial charge >= 0.3 is 11.8 Å². The van der Waals surface area contributed by atoms with Gasteiger partial charge in [-0.25, -0.2) is 0 Å². The van der Waals surface area contributed by atoms with Crippen LogP contribution in [0.3, 0.4) is 0 Å². The van der Waals surface area contributed by atoms with Crippen molar-refractivity contribution >= 4 is 11.5 Å². The summed E-state index contributed by atoms with van der Waals surface area (Å²) in [6.07, 6.45) is 6.18. The lowest BCUT2D eigenvalue weighted by molar-refractivity contribution is 0.0723. The van der Waals surface area contributed by atoms with Crippen LogP contribution >= 0.6 is 0 Å². The van der Waals surface area contributed by atoms with E-state index in [-0.39, 0.29) is 11.8 Å². The fourth-order valence-electron chi connectivity index (χ4n) is 2.83. The van der Waals surface area contributed by atoms with Gasteiger partial charge in [-0.3, -0.25) is 9.78 Å². The normalized spacial score (nSPS) is 14.2. The lowest BCUT2D eigenvalue weighted by Gasteiger charge is -2.25. The van der Waals surface area contributed by atoms with Crippen LogP contribution in [0.15, 0.2) is 65.5 Å². The average Bonchev–Trinajstić information content (AvgIpc) is 3.19. The topological polar surface area (TPSA) is 72.1 Å². The minimum Gasteiger partial charge on any atom is -0.330 e. The molecule has 6 heteroatoms. The van der Waals surface area contributed by atoms with Gasteiger partial charge in [-0.05, 0) is 29.7 Å². The van der Waals surface area contributed by atoms with E-state index in [0.717, 1.165) is 12.0 Å². The summed E-state index contributed by atoms with van der Waals surface area (Å²) in [7, 11) is 0. The Morgan fingerprint density at radius 1 is 1.04 bits per heavy atom. The number of carbonyl (C=O) groups excluding carboxylic acids is 1. The monoisotopic (exact) mass is 332 g/mol. The molecule has 0 unspecified atom stereocenters. The number of rotatable bonds is 3. The number of amides is 1. The third-order valence-electron chi connectivity index (χ3n) is 4.19. The van der Waals surface area contributed by atoms with Gasteiger partial charge in [-0.15, -0.1) is 0 Å². The quantitative estimate of drug-likeness (QED) is 0.737. The van der Waals surface area contributed by atoms with E-state index < -0.39 is 0 Å². The van der Waals surface area contributed by atoms with Gasteiger partial charge in [0.1, 0.15) is 0 Å². The minimum atomic E-state index is -0.240. The van der Waals surface area contributed by atoms with Crippen molar-refractivity contribution in [3.05, 3.63) is 72.4 Å². The third-order valence-corrected chi connectivity index (χ3v) is 4.19. The van der Waals surface area contributed by atoms with Gasteiger partial charge in [0, 0.05) is 31.0 Å². The van der Waals surface area contributed by atoms with Crippen molar-refractivity contribution in [3.63, 3.8) is 0 Å². The molecule has 25 heavy (non-hydrogen) atoms. The van der Waals surface area contributed by atoms with Crippen molar-refractivity contribution < 1.29 is 9.32 Å². The highest BCUT2D eigenvalue weighted by molar-refractivity contribution is 5.90. The molecule has 1 aliphatic rings. The zero-order chi connectivity index (χ0) is 17.1. The Balaban J connectivity index is 1.48. The lowest BCUT2D eigenvalue weighted by atomic mass is 9.99. The highest BCUT2D eigenvalue weighted by Crippen LogP contribution is 2.23. The van der Waals surface area contributed by atoms with Crippen LogP contribution in [-0.4, -0.2) is 39.0 Å². The van der Waals surface area contributed by atoms with Gasteiger partial charge in [0.2, 0.25) is 5.82 Å². The number of hydrogen-bond donors (Lipinski definition) is 0. The predicted molar refractivity (Wildman–Crippen MR) is 92.5 cm³/mol. The molecule has 1 aliphatic heterocycles. The maximum Gasteiger partial charge on any atom is 0.316 e. The molecule has 6 nitrogen and oxygen atoms in total. The number of carbonyl (C=O) groups is 1. The number of benzene rings is 1. The molecule has 124 valence electrons. The molecule has 0 atom stereocenters. The molecule has 0 aliphatic carbocycles. The van der Waals surface area contributed by atoms with E-state index in [4.69, 9.17) is 4.52 Å². The molecule has 3 heterocycles. The van der Waals surface area contributed by atoms with Crippen molar-refractivity contribution in [2.24, 2.45) is 0 Å². The van der Waals surface area contributed by atoms with Crippen molar-refractivity contribution in [1.29, 1.82) is 0 Å². The fraction of sp³-hybridized carbons (Fsp3) is 0.158. The van der Waals surface area contributed by atoms with Crippen LogP contribution in [-0.2, 0) is 0 Å². The molecule has 0 saturated heterocycles. The van der Waals surface area contributed by atoms with Crippen LogP contribution in [0, 0.1) is 0 Å². The van der Waals surface area contributed by atoms with E-state index in [9.17, 15) is 4.79 Å². The number of nitrogens with zero attached hydrogens (tertiary/aromatic N) is 4. The Morgan fingerprint density at radius 2 is 1.84 bits per heavy atom. The summed E-state index contributed by atoms with van der Waals surface area (Å²) in [5.74, 6) is 0.169. The van der Waals surface area contributed by atoms with E-state index in [1.54, 1.807) is 29.4 Å². The second-order valence-corrected chi connectivity index (χ2v) is 5.76. The van der Waals surface area contributed by atoms with Gasteiger partial charge in [0.05, 0.1) is 0 Å². The summed E-state index contributed by atoms with van der Waals surface area (Å²) < 4.78 is 5.15. The smallest absolute Gasteiger partial charge is 0.316 e. The van der Waals surface area contributed by atoms with Crippen LogP contribution in [0.4, 0.5) is 0 Å². The first kappa shape index (κ1) is 15.3. The van der Waals surface area contributed by atoms with Crippen LogP contribution in [0.5, 0.6) is 0 Å². The second-order valence-electron chi connectivity index (χ2n) is 5.76. The van der Waals surface area contributed by atoms with Gasteiger partial charge in [0.15, 0.2) is 0 Å². The maximum absolute atomic E-state index is 12.6. The Hall–Kier alpha value is -3.28. The summed E-state index contributed by atoms with van der Waals surface area (Å²) in [5, 5.41) is 3.89. The summed E-state index contributed by atoms with van der Waals surface area (Å²) >= 11 is 0. The predicted octanol–water partition coefficient (Wildman–Crippen LogP) is 3.06. The molecule has 0 bridgehead atoms. The van der Waals surface area contributed by atoms with Crippen molar-refractivity contribution in [2.45, 2.75) is 6.42 Å². The summed E-state index contributed by atoms with van der Waals surface area (Å²) in [6, 6.07) is 13.8. The molecule has 0 radical (unpaired) electrons. The van der Waals surface area contributed by atoms with Crippen LogP contribution in [0.25, 0.3) is 17.0 Å². The van der Waals surface area contributed by atoms with Crippen LogP contribution < -0.4 is 0 Å². The summed E-state index contributed by atoms with van der Waals surface area (Å²) in [5.41, 5.74) is 3.22. The summed E-state index contributed by atoms with van der Waals surface area (Å²) in [4.78, 5) is 22.5. The zero-order valence-electron chi connectivity index (χ0n) is 13.5. The largest absolute Gasteiger partial charge is 0.330 e. The Bertz CT molecular complexity index is 903. The number of pyridine rings is 1. The Labute approximate surface area is 144 Å². The highest BCUT2D eigenvalue weighted by Gasteiger charge is 2.24. The van der Waals surface area contributed by atoms with E-state index >= 15 is 0 Å². The first-order valence-corrected chi connectivity index (χ1v) is 8.09. The molecule has 1 aromatic carbocycles. The SMILES string of the molecule is O=C(c1nc(-c2ccncc2)no1)N1CC=C(c2ccccc2)CC1. The van der Waals surface area contributed by atoms with E-state index in [2.05, 4.69) is 33.3 Å². The van der Waals surface area contributed by atoms with E-state index in [1.807, 2.05) is 18.2 Å². The zero-order valence-corrected chi connectivity index (χ0v) is 13.5. The van der Waals surface area contributed by atoms with Gasteiger partial charge in [-0.1, -0.05) is 41.6 Å². The first-order valence-electron chi connectivity index (χ1n) is 8.09. The molecule has 3 aromatic rings. The van der Waals surface area contributed by atoms with E-state index in [0.29, 0.717) is 18.9 Å². The van der Waals surface area contributed by atoms with Crippen molar-refractivity contribution in [3.8, 4) is 11.4 Å². The molecule has 0 saturated carbocycles. The van der Waals surface area contributed by atoms with Gasteiger partial charge in [0.25, 0.3) is 0 Å². The molecule has 0 fully saturated rings. The van der Waals surface area contributed by atoms with Crippen LogP contribution in [0.1, 0.15) is 22.7 Å². The van der Waals surface area contributed by atoms with Crippen LogP contribution in [0.2, 0.25) is 0 Å². The minimum absolute atomic E-state index is 0.0170. The van der Waals surface area contributed by atoms with Crippen molar-refractivity contribution in [2.75, 3.05) is 13.1 Å². The first-order chi connectivity index (χ1) is 12.3. The number of aromatic nitrogens is 3. The lowest BCUT2D eigenvalue weighted by Crippen LogP contribution is -2.34. The molecule has 2 aromatic heterocycles. The molecule has 0 spiro atoms. The Morgan fingerprint density at radius 3 is 2.56 bits per heavy atom. The van der Waals surface area contributed by atoms with Gasteiger partial charge < -0.3 is 9.42 Å². The van der Waals surface area contributed by atoms with Crippen molar-refractivity contribution in [1.82, 2.24) is 20.0 Å². The summed E-state index contributed by atoms with van der Waals surface area (Å²) in [6.45, 7) is 1.17. The molecular weight excluding hydrogens is 316 g/mol. The van der Waals surface area contributed by atoms with E-state index in [1.165, 1.54) is 11.1 Å². The molecule has 4 rings (SSSR count). The molecule has 0 N–H and O–H groups in total. The average molecular weight is 332 g/mol. The maximum atomic E-state index is 12.6. The standard InChI is InChI=1S/C19H16N4O2/c24-19(18-21-17(22-25-18)16-6-10-20-11-7-16)23-12-8-15(9-13-23)14-4-2-1-3-5-14/h1-8,10-11H,9,12-13H2. The number of hydrogen-bond acceptors (Lipinski definition) is 5. The second kappa shape index (κ2) is 6.68. The van der Waals surface area contributed by atoms with Gasteiger partial charge in [-0.2, -0.15) is 4.98 Å². The highest BCUT2D eigenvalue weighted by atomic mass is 16.5.